The molecule has 2 aromatic carbocycles. The number of para-hydroxylation sites is 2. The van der Waals surface area contributed by atoms with Gasteiger partial charge in [0.25, 0.3) is 0 Å². The third kappa shape index (κ3) is 21.8. The summed E-state index contributed by atoms with van der Waals surface area (Å²) in [5.41, 5.74) is 28.6. The van der Waals surface area contributed by atoms with Gasteiger partial charge in [0.2, 0.25) is 0 Å². The summed E-state index contributed by atoms with van der Waals surface area (Å²) in [5.74, 6) is 1.72. The van der Waals surface area contributed by atoms with E-state index in [9.17, 15) is 0 Å². The highest BCUT2D eigenvalue weighted by molar-refractivity contribution is 5.42. The van der Waals surface area contributed by atoms with E-state index in [1.807, 2.05) is 24.3 Å². The van der Waals surface area contributed by atoms with E-state index in [1.165, 1.54) is 128 Å². The Morgan fingerprint density at radius 1 is 0.408 bits per heavy atom. The molecule has 2 rings (SSSR count). The van der Waals surface area contributed by atoms with Crippen molar-refractivity contribution in [2.24, 2.45) is 22.9 Å². The van der Waals surface area contributed by atoms with Crippen LogP contribution in [0.1, 0.15) is 179 Å². The van der Waals surface area contributed by atoms with Crippen LogP contribution in [-0.4, -0.2) is 24.2 Å². The summed E-state index contributed by atoms with van der Waals surface area (Å²) >= 11 is 0. The Kier molecular flexibility index (Phi) is 25.4. The molecule has 0 amide bonds. The summed E-state index contributed by atoms with van der Waals surface area (Å²) in [6.45, 7) is 4.56. The fourth-order valence-corrected chi connectivity index (χ4v) is 7.20. The summed E-state index contributed by atoms with van der Waals surface area (Å²) < 4.78 is 6.56. The van der Waals surface area contributed by atoms with Gasteiger partial charge in [-0.15, -0.1) is 0 Å². The van der Waals surface area contributed by atoms with E-state index >= 15 is 0 Å². The fourth-order valence-electron chi connectivity index (χ4n) is 7.20. The van der Waals surface area contributed by atoms with Gasteiger partial charge >= 0.3 is 0 Å². The summed E-state index contributed by atoms with van der Waals surface area (Å²) in [7, 11) is 0. The van der Waals surface area contributed by atoms with Crippen LogP contribution in [0.2, 0.25) is 0 Å². The zero-order valence-corrected chi connectivity index (χ0v) is 32.0. The Balaban J connectivity index is 1.71. The minimum absolute atomic E-state index is 0.00331. The van der Waals surface area contributed by atoms with Crippen molar-refractivity contribution in [2.45, 2.75) is 205 Å². The lowest BCUT2D eigenvalue weighted by atomic mass is 9.96. The largest absolute Gasteiger partial charge is 0.457 e. The molecule has 0 saturated heterocycles. The van der Waals surface area contributed by atoms with E-state index < -0.39 is 0 Å². The van der Waals surface area contributed by atoms with E-state index in [1.54, 1.807) is 0 Å². The SMILES string of the molecule is CCCCCCCCCCCCC(N)CC(N)Cc1ccccc1Oc1ccccc1CC(N)CC(N)CCCCCCCCCCCC. The second-order valence-corrected chi connectivity index (χ2v) is 15.2. The second-order valence-electron chi connectivity index (χ2n) is 15.2. The summed E-state index contributed by atoms with van der Waals surface area (Å²) in [4.78, 5) is 0. The molecule has 0 aromatic heterocycles. The average Bonchev–Trinajstić information content (AvgIpc) is 3.08. The lowest BCUT2D eigenvalue weighted by Gasteiger charge is -2.21. The first-order valence-corrected chi connectivity index (χ1v) is 20.8. The van der Waals surface area contributed by atoms with Gasteiger partial charge < -0.3 is 27.7 Å². The standard InChI is InChI=1S/C44H78N4O/c1-3-5-7-9-11-13-15-17-19-21-29-39(45)35-41(47)33-37-27-23-25-31-43(37)49-44-32-26-24-28-38(44)34-42(48)36-40(46)30-22-20-18-16-14-12-10-8-6-4-2/h23-28,31-32,39-42H,3-22,29-30,33-36,45-48H2,1-2H3. The molecule has 0 saturated carbocycles. The van der Waals surface area contributed by atoms with Gasteiger partial charge in [-0.25, -0.2) is 0 Å². The molecule has 0 fully saturated rings. The maximum absolute atomic E-state index is 6.65. The Labute approximate surface area is 303 Å². The van der Waals surface area contributed by atoms with Crippen LogP contribution in [-0.2, 0) is 12.8 Å². The molecular formula is C44H78N4O. The van der Waals surface area contributed by atoms with Crippen molar-refractivity contribution < 1.29 is 4.74 Å². The van der Waals surface area contributed by atoms with Crippen molar-refractivity contribution in [1.29, 1.82) is 0 Å². The highest BCUT2D eigenvalue weighted by Crippen LogP contribution is 2.30. The molecule has 0 spiro atoms. The summed E-state index contributed by atoms with van der Waals surface area (Å²) in [5, 5.41) is 0. The molecule has 280 valence electrons. The molecule has 0 aliphatic carbocycles. The van der Waals surface area contributed by atoms with Gasteiger partial charge in [0.05, 0.1) is 0 Å². The molecule has 4 unspecified atom stereocenters. The summed E-state index contributed by atoms with van der Waals surface area (Å²) in [6.07, 6.45) is 32.2. The van der Waals surface area contributed by atoms with Crippen LogP contribution in [0.25, 0.3) is 0 Å². The molecule has 49 heavy (non-hydrogen) atoms. The van der Waals surface area contributed by atoms with Gasteiger partial charge in [-0.2, -0.15) is 0 Å². The number of unbranched alkanes of at least 4 members (excludes halogenated alkanes) is 18. The van der Waals surface area contributed by atoms with Crippen molar-refractivity contribution in [1.82, 2.24) is 0 Å². The maximum atomic E-state index is 6.65. The van der Waals surface area contributed by atoms with E-state index in [0.717, 1.165) is 61.2 Å². The number of hydrogen-bond donors (Lipinski definition) is 4. The highest BCUT2D eigenvalue weighted by Gasteiger charge is 2.16. The number of nitrogens with two attached hydrogens (primary N) is 4. The number of hydrogen-bond acceptors (Lipinski definition) is 5. The van der Waals surface area contributed by atoms with Gasteiger partial charge in [0, 0.05) is 24.2 Å². The van der Waals surface area contributed by atoms with Crippen molar-refractivity contribution in [2.75, 3.05) is 0 Å². The molecule has 0 aliphatic rings. The van der Waals surface area contributed by atoms with Crippen LogP contribution in [0.3, 0.4) is 0 Å². The van der Waals surface area contributed by atoms with Crippen LogP contribution >= 0.6 is 0 Å². The quantitative estimate of drug-likeness (QED) is 0.0575. The molecule has 8 N–H and O–H groups in total. The third-order valence-corrected chi connectivity index (χ3v) is 10.2. The van der Waals surface area contributed by atoms with Crippen molar-refractivity contribution in [3.63, 3.8) is 0 Å². The van der Waals surface area contributed by atoms with Crippen LogP contribution in [0.5, 0.6) is 11.5 Å². The first-order chi connectivity index (χ1) is 23.9. The van der Waals surface area contributed by atoms with Crippen molar-refractivity contribution in [3.05, 3.63) is 59.7 Å². The second kappa shape index (κ2) is 28.7. The van der Waals surface area contributed by atoms with E-state index in [-0.39, 0.29) is 24.2 Å². The minimum atomic E-state index is 0.00331. The van der Waals surface area contributed by atoms with Gasteiger partial charge in [-0.05, 0) is 61.8 Å². The van der Waals surface area contributed by atoms with Gasteiger partial charge in [-0.3, -0.25) is 0 Å². The third-order valence-electron chi connectivity index (χ3n) is 10.2. The molecule has 0 radical (unpaired) electrons. The van der Waals surface area contributed by atoms with E-state index in [2.05, 4.69) is 38.1 Å². The lowest BCUT2D eigenvalue weighted by molar-refractivity contribution is 0.442. The van der Waals surface area contributed by atoms with Crippen LogP contribution in [0.4, 0.5) is 0 Å². The van der Waals surface area contributed by atoms with Crippen LogP contribution < -0.4 is 27.7 Å². The molecule has 0 aliphatic heterocycles. The maximum Gasteiger partial charge on any atom is 0.130 e. The number of ether oxygens (including phenoxy) is 1. The first-order valence-electron chi connectivity index (χ1n) is 20.8. The molecular weight excluding hydrogens is 601 g/mol. The van der Waals surface area contributed by atoms with Crippen LogP contribution in [0.15, 0.2) is 48.5 Å². The molecule has 5 nitrogen and oxygen atoms in total. The smallest absolute Gasteiger partial charge is 0.130 e. The number of benzene rings is 2. The molecule has 2 aromatic rings. The molecule has 0 heterocycles. The zero-order chi connectivity index (χ0) is 35.4. The molecule has 4 atom stereocenters. The normalized spacial score (nSPS) is 14.1. The van der Waals surface area contributed by atoms with Crippen molar-refractivity contribution >= 4 is 0 Å². The highest BCUT2D eigenvalue weighted by atomic mass is 16.5. The fraction of sp³-hybridized carbons (Fsp3) is 0.727. The Morgan fingerprint density at radius 3 is 1.06 bits per heavy atom. The lowest BCUT2D eigenvalue weighted by Crippen LogP contribution is -2.33. The topological polar surface area (TPSA) is 113 Å². The monoisotopic (exact) mass is 679 g/mol. The zero-order valence-electron chi connectivity index (χ0n) is 32.0. The van der Waals surface area contributed by atoms with Gasteiger partial charge in [0.1, 0.15) is 11.5 Å². The van der Waals surface area contributed by atoms with Crippen molar-refractivity contribution in [3.8, 4) is 11.5 Å². The summed E-state index contributed by atoms with van der Waals surface area (Å²) in [6, 6.07) is 16.8. The Bertz CT molecular complexity index is 964. The minimum Gasteiger partial charge on any atom is -0.457 e. The Morgan fingerprint density at radius 2 is 0.714 bits per heavy atom. The molecule has 5 heteroatoms. The van der Waals surface area contributed by atoms with Gasteiger partial charge in [-0.1, -0.05) is 179 Å². The predicted molar refractivity (Wildman–Crippen MR) is 214 cm³/mol. The van der Waals surface area contributed by atoms with Crippen LogP contribution in [0, 0.1) is 0 Å². The molecule has 0 bridgehead atoms. The van der Waals surface area contributed by atoms with E-state index in [0.29, 0.717) is 0 Å². The van der Waals surface area contributed by atoms with Gasteiger partial charge in [0.15, 0.2) is 0 Å². The number of rotatable bonds is 32. The Hall–Kier alpha value is -1.92. The average molecular weight is 679 g/mol. The van der Waals surface area contributed by atoms with E-state index in [4.69, 9.17) is 27.7 Å². The predicted octanol–water partition coefficient (Wildman–Crippen LogP) is 11.3. The first kappa shape index (κ1) is 43.2.